The molecule has 0 bridgehead atoms. The number of hydrogen-bond acceptors (Lipinski definition) is 4. The summed E-state index contributed by atoms with van der Waals surface area (Å²) >= 11 is 0. The second-order valence-corrected chi connectivity index (χ2v) is 4.90. The van der Waals surface area contributed by atoms with Gasteiger partial charge in [0, 0.05) is 0 Å². The van der Waals surface area contributed by atoms with E-state index in [4.69, 9.17) is 9.47 Å². The van der Waals surface area contributed by atoms with E-state index < -0.39 is 5.54 Å². The molecule has 0 aromatic heterocycles. The van der Waals surface area contributed by atoms with Crippen LogP contribution in [0.4, 0.5) is 0 Å². The fourth-order valence-electron chi connectivity index (χ4n) is 2.59. The maximum Gasteiger partial charge on any atom is 0.256 e. The summed E-state index contributed by atoms with van der Waals surface area (Å²) in [5, 5.41) is 12.2. The molecule has 0 spiro atoms. The molecule has 1 aromatic rings. The Hall–Kier alpha value is -2.22. The van der Waals surface area contributed by atoms with Gasteiger partial charge in [0.1, 0.15) is 5.54 Å². The fourth-order valence-corrected chi connectivity index (χ4v) is 2.59. The third-order valence-electron chi connectivity index (χ3n) is 3.67. The monoisotopic (exact) mass is 274 g/mol. The van der Waals surface area contributed by atoms with E-state index in [0.717, 1.165) is 12.8 Å². The Kier molecular flexibility index (Phi) is 4.14. The molecule has 106 valence electrons. The lowest BCUT2D eigenvalue weighted by molar-refractivity contribution is 0.0917. The quantitative estimate of drug-likeness (QED) is 0.914. The van der Waals surface area contributed by atoms with Gasteiger partial charge in [-0.15, -0.1) is 0 Å². The van der Waals surface area contributed by atoms with Crippen molar-refractivity contribution >= 4 is 5.91 Å². The van der Waals surface area contributed by atoms with Crippen molar-refractivity contribution < 1.29 is 14.3 Å². The number of nitrogens with zero attached hydrogens (tertiary/aromatic N) is 1. The van der Waals surface area contributed by atoms with Crippen LogP contribution in [0.3, 0.4) is 0 Å². The van der Waals surface area contributed by atoms with Gasteiger partial charge in [-0.3, -0.25) is 4.79 Å². The predicted molar refractivity (Wildman–Crippen MR) is 73.8 cm³/mol. The number of rotatable bonds is 4. The van der Waals surface area contributed by atoms with Crippen LogP contribution in [0, 0.1) is 11.3 Å². The number of nitriles is 1. The Bertz CT molecular complexity index is 543. The number of amides is 1. The van der Waals surface area contributed by atoms with Crippen molar-refractivity contribution in [3.63, 3.8) is 0 Å². The molecule has 1 aliphatic rings. The van der Waals surface area contributed by atoms with E-state index in [2.05, 4.69) is 11.4 Å². The van der Waals surface area contributed by atoms with Crippen molar-refractivity contribution in [2.24, 2.45) is 0 Å². The zero-order valence-electron chi connectivity index (χ0n) is 11.7. The Morgan fingerprint density at radius 3 is 2.55 bits per heavy atom. The van der Waals surface area contributed by atoms with Crippen LogP contribution in [0.15, 0.2) is 18.2 Å². The largest absolute Gasteiger partial charge is 0.493 e. The van der Waals surface area contributed by atoms with E-state index in [1.54, 1.807) is 18.2 Å². The van der Waals surface area contributed by atoms with Gasteiger partial charge in [0.05, 0.1) is 25.9 Å². The van der Waals surface area contributed by atoms with Gasteiger partial charge < -0.3 is 14.8 Å². The van der Waals surface area contributed by atoms with Gasteiger partial charge in [0.15, 0.2) is 11.5 Å². The number of nitrogens with one attached hydrogen (secondary N) is 1. The second kappa shape index (κ2) is 5.83. The Labute approximate surface area is 118 Å². The van der Waals surface area contributed by atoms with E-state index in [9.17, 15) is 10.1 Å². The lowest BCUT2D eigenvalue weighted by Gasteiger charge is -2.22. The third kappa shape index (κ3) is 2.55. The van der Waals surface area contributed by atoms with Gasteiger partial charge >= 0.3 is 0 Å². The number of ether oxygens (including phenoxy) is 2. The highest BCUT2D eigenvalue weighted by Gasteiger charge is 2.36. The minimum atomic E-state index is -0.745. The zero-order chi connectivity index (χ0) is 14.6. The van der Waals surface area contributed by atoms with Crippen molar-refractivity contribution in [3.8, 4) is 17.6 Å². The first kappa shape index (κ1) is 14.2. The maximum atomic E-state index is 12.4. The first-order valence-corrected chi connectivity index (χ1v) is 6.60. The molecule has 1 N–H and O–H groups in total. The molecular weight excluding hydrogens is 256 g/mol. The number of para-hydroxylation sites is 1. The fraction of sp³-hybridized carbons (Fsp3) is 0.467. The first-order chi connectivity index (χ1) is 9.65. The first-order valence-electron chi connectivity index (χ1n) is 6.60. The van der Waals surface area contributed by atoms with Crippen LogP contribution in [0.5, 0.6) is 11.5 Å². The summed E-state index contributed by atoms with van der Waals surface area (Å²) in [4.78, 5) is 12.4. The average molecular weight is 274 g/mol. The van der Waals surface area contributed by atoms with Crippen molar-refractivity contribution in [2.75, 3.05) is 14.2 Å². The van der Waals surface area contributed by atoms with E-state index in [0.29, 0.717) is 29.9 Å². The van der Waals surface area contributed by atoms with Crippen molar-refractivity contribution in [1.82, 2.24) is 5.32 Å². The molecule has 1 aromatic carbocycles. The smallest absolute Gasteiger partial charge is 0.256 e. The lowest BCUT2D eigenvalue weighted by Crippen LogP contribution is -2.45. The van der Waals surface area contributed by atoms with E-state index >= 15 is 0 Å². The summed E-state index contributed by atoms with van der Waals surface area (Å²) in [7, 11) is 3.01. The summed E-state index contributed by atoms with van der Waals surface area (Å²) in [6.45, 7) is 0. The Balaban J connectivity index is 2.28. The average Bonchev–Trinajstić information content (AvgIpc) is 2.95. The molecule has 1 saturated carbocycles. The van der Waals surface area contributed by atoms with Gasteiger partial charge in [0.25, 0.3) is 5.91 Å². The van der Waals surface area contributed by atoms with Gasteiger partial charge in [-0.1, -0.05) is 6.07 Å². The van der Waals surface area contributed by atoms with Crippen molar-refractivity contribution in [1.29, 1.82) is 5.26 Å². The van der Waals surface area contributed by atoms with Gasteiger partial charge in [-0.25, -0.2) is 0 Å². The molecule has 0 unspecified atom stereocenters. The molecule has 0 atom stereocenters. The molecule has 0 heterocycles. The lowest BCUT2D eigenvalue weighted by atomic mass is 9.99. The van der Waals surface area contributed by atoms with Crippen LogP contribution in [0.25, 0.3) is 0 Å². The number of carbonyl (C=O) groups excluding carboxylic acids is 1. The molecule has 1 aliphatic carbocycles. The SMILES string of the molecule is COc1cccc(C(=O)NC2(C#N)CCCC2)c1OC. The summed E-state index contributed by atoms with van der Waals surface area (Å²) in [6, 6.07) is 7.36. The minimum absolute atomic E-state index is 0.302. The maximum absolute atomic E-state index is 12.4. The zero-order valence-corrected chi connectivity index (χ0v) is 11.7. The molecule has 2 rings (SSSR count). The highest BCUT2D eigenvalue weighted by molar-refractivity contribution is 5.98. The molecule has 20 heavy (non-hydrogen) atoms. The topological polar surface area (TPSA) is 71.3 Å². The molecule has 0 aliphatic heterocycles. The molecule has 1 amide bonds. The van der Waals surface area contributed by atoms with E-state index in [1.807, 2.05) is 0 Å². The highest BCUT2D eigenvalue weighted by atomic mass is 16.5. The third-order valence-corrected chi connectivity index (χ3v) is 3.67. The van der Waals surface area contributed by atoms with Crippen molar-refractivity contribution in [2.45, 2.75) is 31.2 Å². The van der Waals surface area contributed by atoms with Crippen LogP contribution < -0.4 is 14.8 Å². The van der Waals surface area contributed by atoms with Crippen LogP contribution >= 0.6 is 0 Å². The molecular formula is C15H18N2O3. The normalized spacial score (nSPS) is 16.2. The van der Waals surface area contributed by atoms with Crippen molar-refractivity contribution in [3.05, 3.63) is 23.8 Å². The summed E-state index contributed by atoms with van der Waals surface area (Å²) in [5.41, 5.74) is -0.362. The van der Waals surface area contributed by atoms with Crippen LogP contribution in [-0.2, 0) is 0 Å². The van der Waals surface area contributed by atoms with Gasteiger partial charge in [-0.05, 0) is 37.8 Å². The molecule has 0 saturated heterocycles. The van der Waals surface area contributed by atoms with E-state index in [1.165, 1.54) is 14.2 Å². The van der Waals surface area contributed by atoms with Crippen LogP contribution in [0.2, 0.25) is 0 Å². The molecule has 5 heteroatoms. The van der Waals surface area contributed by atoms with E-state index in [-0.39, 0.29) is 5.91 Å². The Morgan fingerprint density at radius 2 is 2.00 bits per heavy atom. The predicted octanol–water partition coefficient (Wildman–Crippen LogP) is 2.27. The van der Waals surface area contributed by atoms with Gasteiger partial charge in [-0.2, -0.15) is 5.26 Å². The number of carbonyl (C=O) groups is 1. The summed E-state index contributed by atoms with van der Waals surface area (Å²) < 4.78 is 10.4. The number of hydrogen-bond donors (Lipinski definition) is 1. The molecule has 5 nitrogen and oxygen atoms in total. The van der Waals surface area contributed by atoms with Gasteiger partial charge in [0.2, 0.25) is 0 Å². The standard InChI is InChI=1S/C15H18N2O3/c1-19-12-7-5-6-11(13(12)20-2)14(18)17-15(10-16)8-3-4-9-15/h5-7H,3-4,8-9H2,1-2H3,(H,17,18). The molecule has 0 radical (unpaired) electrons. The van der Waals surface area contributed by atoms with Crippen LogP contribution in [0.1, 0.15) is 36.0 Å². The minimum Gasteiger partial charge on any atom is -0.493 e. The summed E-state index contributed by atoms with van der Waals surface area (Å²) in [6.07, 6.45) is 3.31. The van der Waals surface area contributed by atoms with Crippen LogP contribution in [-0.4, -0.2) is 25.7 Å². The number of benzene rings is 1. The summed E-state index contributed by atoms with van der Waals surface area (Å²) in [5.74, 6) is 0.584. The number of methoxy groups -OCH3 is 2. The highest BCUT2D eigenvalue weighted by Crippen LogP contribution is 2.33. The Morgan fingerprint density at radius 1 is 1.30 bits per heavy atom. The second-order valence-electron chi connectivity index (χ2n) is 4.90. The molecule has 1 fully saturated rings.